The second-order valence-electron chi connectivity index (χ2n) is 5.60. The van der Waals surface area contributed by atoms with Crippen LogP contribution in [0.1, 0.15) is 28.9 Å². The predicted molar refractivity (Wildman–Crippen MR) is 81.1 cm³/mol. The predicted octanol–water partition coefficient (Wildman–Crippen LogP) is 0.624. The summed E-state index contributed by atoms with van der Waals surface area (Å²) in [6.07, 6.45) is 3.15. The van der Waals surface area contributed by atoms with Crippen LogP contribution in [0.25, 0.3) is 0 Å². The molecule has 21 heavy (non-hydrogen) atoms. The number of carbonyl (C=O) groups excluding carboxylic acids is 1. The molecular formula is C13H19N3O3S2. The lowest BCUT2D eigenvalue weighted by Gasteiger charge is -2.48. The number of hydrogen-bond donors (Lipinski definition) is 2. The van der Waals surface area contributed by atoms with E-state index in [0.717, 1.165) is 32.5 Å². The van der Waals surface area contributed by atoms with E-state index in [0.29, 0.717) is 4.88 Å². The molecule has 1 spiro atoms. The summed E-state index contributed by atoms with van der Waals surface area (Å²) in [6.45, 7) is 2.54. The fraction of sp³-hybridized carbons (Fsp3) is 0.615. The molecule has 0 saturated carbocycles. The van der Waals surface area contributed by atoms with E-state index in [-0.39, 0.29) is 16.3 Å². The molecule has 6 nitrogen and oxygen atoms in total. The number of sulfonamides is 1. The van der Waals surface area contributed by atoms with E-state index in [1.807, 2.05) is 4.90 Å². The molecule has 0 aromatic carbocycles. The molecular weight excluding hydrogens is 310 g/mol. The van der Waals surface area contributed by atoms with Crippen LogP contribution in [0.2, 0.25) is 0 Å². The minimum absolute atomic E-state index is 0.0632. The van der Waals surface area contributed by atoms with Crippen LogP contribution >= 0.6 is 11.3 Å². The molecule has 2 fully saturated rings. The molecule has 0 unspecified atom stereocenters. The normalized spacial score (nSPS) is 21.3. The van der Waals surface area contributed by atoms with Crippen molar-refractivity contribution in [2.24, 2.45) is 0 Å². The first-order valence-electron chi connectivity index (χ1n) is 7.02. The Morgan fingerprint density at radius 2 is 2.05 bits per heavy atom. The quantitative estimate of drug-likeness (QED) is 0.852. The van der Waals surface area contributed by atoms with Gasteiger partial charge in [0.05, 0.1) is 9.77 Å². The first-order chi connectivity index (χ1) is 9.96. The fourth-order valence-electron chi connectivity index (χ4n) is 2.89. The van der Waals surface area contributed by atoms with Gasteiger partial charge < -0.3 is 10.2 Å². The van der Waals surface area contributed by atoms with Gasteiger partial charge in [0.25, 0.3) is 5.91 Å². The van der Waals surface area contributed by atoms with Crippen molar-refractivity contribution in [2.75, 3.05) is 26.7 Å². The first kappa shape index (κ1) is 15.0. The van der Waals surface area contributed by atoms with Crippen molar-refractivity contribution in [3.63, 3.8) is 0 Å². The summed E-state index contributed by atoms with van der Waals surface area (Å²) in [6, 6.07) is 1.46. The molecule has 0 atom stereocenters. The van der Waals surface area contributed by atoms with Gasteiger partial charge in [0.2, 0.25) is 10.0 Å². The number of carbonyl (C=O) groups is 1. The summed E-state index contributed by atoms with van der Waals surface area (Å²) in [5, 5.41) is 4.98. The Labute approximate surface area is 128 Å². The van der Waals surface area contributed by atoms with Crippen LogP contribution in [0.15, 0.2) is 16.3 Å². The monoisotopic (exact) mass is 329 g/mol. The van der Waals surface area contributed by atoms with Gasteiger partial charge >= 0.3 is 0 Å². The highest BCUT2D eigenvalue weighted by Crippen LogP contribution is 2.32. The van der Waals surface area contributed by atoms with Crippen molar-refractivity contribution in [3.8, 4) is 0 Å². The van der Waals surface area contributed by atoms with Gasteiger partial charge in [-0.25, -0.2) is 13.1 Å². The Bertz CT molecular complexity index is 639. The summed E-state index contributed by atoms with van der Waals surface area (Å²) < 4.78 is 25.7. The standard InChI is InChI=1S/C13H19N3O3S2/c1-14-21(18,19)10-8-11(20-9-10)12(17)16-6-3-13(4-7-16)2-5-15-13/h8-9,14-15H,2-7H2,1H3. The lowest BCUT2D eigenvalue weighted by molar-refractivity contribution is 0.0545. The molecule has 2 saturated heterocycles. The van der Waals surface area contributed by atoms with Gasteiger partial charge in [0.1, 0.15) is 0 Å². The zero-order valence-corrected chi connectivity index (χ0v) is 13.5. The van der Waals surface area contributed by atoms with E-state index < -0.39 is 10.0 Å². The molecule has 2 N–H and O–H groups in total. The number of amides is 1. The molecule has 2 aliphatic rings. The second kappa shape index (κ2) is 5.35. The Morgan fingerprint density at radius 1 is 1.38 bits per heavy atom. The maximum atomic E-state index is 12.4. The van der Waals surface area contributed by atoms with Crippen LogP contribution in [-0.4, -0.2) is 51.4 Å². The number of piperidine rings is 1. The molecule has 3 rings (SSSR count). The third kappa shape index (κ3) is 2.73. The highest BCUT2D eigenvalue weighted by Gasteiger charge is 2.40. The molecule has 1 aromatic rings. The second-order valence-corrected chi connectivity index (χ2v) is 8.40. The van der Waals surface area contributed by atoms with Crippen LogP contribution in [0.3, 0.4) is 0 Å². The van der Waals surface area contributed by atoms with E-state index in [9.17, 15) is 13.2 Å². The van der Waals surface area contributed by atoms with Gasteiger partial charge in [0.15, 0.2) is 0 Å². The summed E-state index contributed by atoms with van der Waals surface area (Å²) in [5.41, 5.74) is 0.257. The van der Waals surface area contributed by atoms with E-state index in [2.05, 4.69) is 10.0 Å². The van der Waals surface area contributed by atoms with Crippen molar-refractivity contribution in [3.05, 3.63) is 16.3 Å². The molecule has 116 valence electrons. The number of hydrogen-bond acceptors (Lipinski definition) is 5. The summed E-state index contributed by atoms with van der Waals surface area (Å²) in [5.74, 6) is -0.0632. The van der Waals surface area contributed by atoms with Crippen LogP contribution in [0, 0.1) is 0 Å². The summed E-state index contributed by atoms with van der Waals surface area (Å²) in [4.78, 5) is 14.9. The van der Waals surface area contributed by atoms with Gasteiger partial charge in [-0.2, -0.15) is 0 Å². The van der Waals surface area contributed by atoms with Crippen molar-refractivity contribution >= 4 is 27.3 Å². The smallest absolute Gasteiger partial charge is 0.263 e. The minimum atomic E-state index is -3.48. The third-order valence-corrected chi connectivity index (χ3v) is 6.94. The summed E-state index contributed by atoms with van der Waals surface area (Å²) >= 11 is 1.19. The van der Waals surface area contributed by atoms with Crippen molar-refractivity contribution in [1.82, 2.24) is 14.9 Å². The van der Waals surface area contributed by atoms with E-state index in [4.69, 9.17) is 0 Å². The van der Waals surface area contributed by atoms with Gasteiger partial charge in [-0.1, -0.05) is 0 Å². The largest absolute Gasteiger partial charge is 0.338 e. The maximum absolute atomic E-state index is 12.4. The number of thiophene rings is 1. The maximum Gasteiger partial charge on any atom is 0.263 e. The van der Waals surface area contributed by atoms with E-state index >= 15 is 0 Å². The minimum Gasteiger partial charge on any atom is -0.338 e. The number of likely N-dealkylation sites (tertiary alicyclic amines) is 1. The summed E-state index contributed by atoms with van der Waals surface area (Å²) in [7, 11) is -2.11. The molecule has 0 aliphatic carbocycles. The number of rotatable bonds is 3. The molecule has 8 heteroatoms. The Kier molecular flexibility index (Phi) is 3.81. The zero-order valence-electron chi connectivity index (χ0n) is 11.9. The molecule has 1 amide bonds. The fourth-order valence-corrected chi connectivity index (χ4v) is 4.86. The number of nitrogens with zero attached hydrogens (tertiary/aromatic N) is 1. The van der Waals surface area contributed by atoms with Gasteiger partial charge in [-0.3, -0.25) is 4.79 Å². The first-order valence-corrected chi connectivity index (χ1v) is 9.38. The van der Waals surface area contributed by atoms with Gasteiger partial charge in [-0.15, -0.1) is 11.3 Å². The molecule has 2 aliphatic heterocycles. The Balaban J connectivity index is 1.69. The van der Waals surface area contributed by atoms with Crippen molar-refractivity contribution in [2.45, 2.75) is 29.7 Å². The Hall–Kier alpha value is -0.960. The van der Waals surface area contributed by atoms with Crippen LogP contribution in [-0.2, 0) is 10.0 Å². The van der Waals surface area contributed by atoms with Crippen LogP contribution in [0.4, 0.5) is 0 Å². The van der Waals surface area contributed by atoms with Crippen molar-refractivity contribution < 1.29 is 13.2 Å². The molecule has 0 bridgehead atoms. The van der Waals surface area contributed by atoms with Gasteiger partial charge in [-0.05, 0) is 38.9 Å². The average Bonchev–Trinajstić information content (AvgIpc) is 2.95. The highest BCUT2D eigenvalue weighted by atomic mass is 32.2. The van der Waals surface area contributed by atoms with Crippen LogP contribution in [0.5, 0.6) is 0 Å². The zero-order chi connectivity index (χ0) is 15.1. The highest BCUT2D eigenvalue weighted by molar-refractivity contribution is 7.89. The molecule has 0 radical (unpaired) electrons. The lowest BCUT2D eigenvalue weighted by atomic mass is 9.79. The van der Waals surface area contributed by atoms with Crippen molar-refractivity contribution in [1.29, 1.82) is 0 Å². The Morgan fingerprint density at radius 3 is 2.57 bits per heavy atom. The SMILES string of the molecule is CNS(=O)(=O)c1csc(C(=O)N2CCC3(CCN3)CC2)c1. The molecule has 3 heterocycles. The molecule has 1 aromatic heterocycles. The topological polar surface area (TPSA) is 78.5 Å². The van der Waals surface area contributed by atoms with Gasteiger partial charge in [0, 0.05) is 24.0 Å². The average molecular weight is 329 g/mol. The van der Waals surface area contributed by atoms with E-state index in [1.54, 1.807) is 0 Å². The number of nitrogens with one attached hydrogen (secondary N) is 2. The van der Waals surface area contributed by atoms with Crippen LogP contribution < -0.4 is 10.0 Å². The van der Waals surface area contributed by atoms with E-state index in [1.165, 1.54) is 36.3 Å². The third-order valence-electron chi connectivity index (χ3n) is 4.48. The lowest BCUT2D eigenvalue weighted by Crippen LogP contribution is -2.62.